The van der Waals surface area contributed by atoms with Crippen LogP contribution in [-0.2, 0) is 4.84 Å². The van der Waals surface area contributed by atoms with E-state index in [1.54, 1.807) is 5.06 Å². The SMILES string of the molecule is CC(C)(C)N1CC[C@@H](F)O1. The van der Waals surface area contributed by atoms with Gasteiger partial charge in [0.1, 0.15) is 0 Å². The van der Waals surface area contributed by atoms with Crippen LogP contribution in [0.25, 0.3) is 0 Å². The molecule has 60 valence electrons. The van der Waals surface area contributed by atoms with Crippen molar-refractivity contribution in [2.24, 2.45) is 0 Å². The Labute approximate surface area is 60.9 Å². The third-order valence-electron chi connectivity index (χ3n) is 1.55. The van der Waals surface area contributed by atoms with E-state index in [-0.39, 0.29) is 5.54 Å². The molecule has 0 radical (unpaired) electrons. The lowest BCUT2D eigenvalue weighted by Gasteiger charge is -2.29. The number of hydrogen-bond donors (Lipinski definition) is 0. The topological polar surface area (TPSA) is 12.5 Å². The van der Waals surface area contributed by atoms with Gasteiger partial charge in [-0.05, 0) is 20.8 Å². The molecule has 3 heteroatoms. The van der Waals surface area contributed by atoms with Gasteiger partial charge in [-0.15, -0.1) is 0 Å². The fraction of sp³-hybridized carbons (Fsp3) is 1.00. The van der Waals surface area contributed by atoms with Crippen molar-refractivity contribution in [2.75, 3.05) is 6.54 Å². The zero-order valence-corrected chi connectivity index (χ0v) is 6.72. The number of nitrogens with zero attached hydrogens (tertiary/aromatic N) is 1. The van der Waals surface area contributed by atoms with Crippen LogP contribution in [0, 0.1) is 0 Å². The largest absolute Gasteiger partial charge is 0.261 e. The fourth-order valence-corrected chi connectivity index (χ4v) is 0.956. The summed E-state index contributed by atoms with van der Waals surface area (Å²) in [5.74, 6) is 0. The average molecular weight is 147 g/mol. The van der Waals surface area contributed by atoms with Gasteiger partial charge in [-0.3, -0.25) is 4.84 Å². The van der Waals surface area contributed by atoms with Crippen molar-refractivity contribution < 1.29 is 9.23 Å². The molecule has 1 rings (SSSR count). The van der Waals surface area contributed by atoms with Gasteiger partial charge in [-0.1, -0.05) is 0 Å². The first kappa shape index (κ1) is 7.95. The molecular weight excluding hydrogens is 133 g/mol. The fourth-order valence-electron chi connectivity index (χ4n) is 0.956. The Morgan fingerprint density at radius 1 is 1.50 bits per heavy atom. The van der Waals surface area contributed by atoms with E-state index in [9.17, 15) is 4.39 Å². The van der Waals surface area contributed by atoms with Crippen molar-refractivity contribution in [3.05, 3.63) is 0 Å². The third-order valence-corrected chi connectivity index (χ3v) is 1.55. The first-order valence-corrected chi connectivity index (χ1v) is 3.58. The van der Waals surface area contributed by atoms with Gasteiger partial charge in [0, 0.05) is 18.5 Å². The lowest BCUT2D eigenvalue weighted by atomic mass is 10.1. The molecule has 0 aromatic rings. The van der Waals surface area contributed by atoms with Crippen molar-refractivity contribution in [1.29, 1.82) is 0 Å². The highest BCUT2D eigenvalue weighted by molar-refractivity contribution is 4.73. The van der Waals surface area contributed by atoms with Crippen LogP contribution < -0.4 is 0 Å². The van der Waals surface area contributed by atoms with Crippen LogP contribution >= 0.6 is 0 Å². The van der Waals surface area contributed by atoms with Gasteiger partial charge >= 0.3 is 0 Å². The van der Waals surface area contributed by atoms with E-state index in [2.05, 4.69) is 0 Å². The summed E-state index contributed by atoms with van der Waals surface area (Å²) in [6, 6.07) is 0. The number of rotatable bonds is 0. The molecule has 2 nitrogen and oxygen atoms in total. The van der Waals surface area contributed by atoms with Crippen molar-refractivity contribution in [1.82, 2.24) is 5.06 Å². The quantitative estimate of drug-likeness (QED) is 0.517. The Morgan fingerprint density at radius 2 is 2.10 bits per heavy atom. The molecular formula is C7H14FNO. The standard InChI is InChI=1S/C7H14FNO/c1-7(2,3)9-5-4-6(8)10-9/h6H,4-5H2,1-3H3/t6-/m0/s1. The van der Waals surface area contributed by atoms with Gasteiger partial charge in [0.05, 0.1) is 0 Å². The maximum Gasteiger partial charge on any atom is 0.219 e. The van der Waals surface area contributed by atoms with Crippen LogP contribution in [0.3, 0.4) is 0 Å². The minimum atomic E-state index is -1.08. The summed E-state index contributed by atoms with van der Waals surface area (Å²) in [6.45, 7) is 6.71. The second-order valence-corrected chi connectivity index (χ2v) is 3.58. The number of hydroxylamine groups is 2. The highest BCUT2D eigenvalue weighted by Gasteiger charge is 2.31. The summed E-state index contributed by atoms with van der Waals surface area (Å²) < 4.78 is 12.4. The first-order chi connectivity index (χ1) is 4.50. The van der Waals surface area contributed by atoms with Crippen molar-refractivity contribution >= 4 is 0 Å². The molecule has 0 N–H and O–H groups in total. The lowest BCUT2D eigenvalue weighted by Crippen LogP contribution is -2.38. The molecule has 0 saturated carbocycles. The summed E-state index contributed by atoms with van der Waals surface area (Å²) in [7, 11) is 0. The molecule has 0 aliphatic carbocycles. The van der Waals surface area contributed by atoms with E-state index in [1.807, 2.05) is 20.8 Å². The maximum atomic E-state index is 12.4. The molecule has 1 saturated heterocycles. The van der Waals surface area contributed by atoms with Crippen LogP contribution in [-0.4, -0.2) is 23.5 Å². The van der Waals surface area contributed by atoms with Crippen LogP contribution in [0.15, 0.2) is 0 Å². The summed E-state index contributed by atoms with van der Waals surface area (Å²) in [5.41, 5.74) is -0.0686. The van der Waals surface area contributed by atoms with Crippen LogP contribution in [0.2, 0.25) is 0 Å². The average Bonchev–Trinajstić information content (AvgIpc) is 2.11. The van der Waals surface area contributed by atoms with Crippen LogP contribution in [0.5, 0.6) is 0 Å². The Balaban J connectivity index is 2.45. The summed E-state index contributed by atoms with van der Waals surface area (Å²) in [4.78, 5) is 4.89. The molecule has 0 amide bonds. The molecule has 0 spiro atoms. The monoisotopic (exact) mass is 147 g/mol. The van der Waals surface area contributed by atoms with Gasteiger partial charge in [-0.25, -0.2) is 4.39 Å². The Hall–Kier alpha value is -0.150. The molecule has 0 aromatic heterocycles. The van der Waals surface area contributed by atoms with Gasteiger partial charge in [0.25, 0.3) is 0 Å². The third kappa shape index (κ3) is 1.67. The van der Waals surface area contributed by atoms with E-state index in [1.165, 1.54) is 0 Å². The van der Waals surface area contributed by atoms with E-state index < -0.39 is 6.36 Å². The molecule has 1 fully saturated rings. The highest BCUT2D eigenvalue weighted by atomic mass is 19.1. The zero-order chi connectivity index (χ0) is 7.78. The molecule has 1 atom stereocenters. The highest BCUT2D eigenvalue weighted by Crippen LogP contribution is 2.23. The van der Waals surface area contributed by atoms with Crippen molar-refractivity contribution in [3.8, 4) is 0 Å². The zero-order valence-electron chi connectivity index (χ0n) is 6.72. The van der Waals surface area contributed by atoms with Crippen LogP contribution in [0.4, 0.5) is 4.39 Å². The van der Waals surface area contributed by atoms with Crippen LogP contribution in [0.1, 0.15) is 27.2 Å². The minimum Gasteiger partial charge on any atom is -0.261 e. The predicted molar refractivity (Wildman–Crippen MR) is 37.1 cm³/mol. The Kier molecular flexibility index (Phi) is 1.97. The van der Waals surface area contributed by atoms with E-state index in [4.69, 9.17) is 4.84 Å². The number of hydrogen-bond acceptors (Lipinski definition) is 2. The van der Waals surface area contributed by atoms with Gasteiger partial charge in [0.15, 0.2) is 0 Å². The molecule has 10 heavy (non-hydrogen) atoms. The molecule has 0 unspecified atom stereocenters. The lowest BCUT2D eigenvalue weighted by molar-refractivity contribution is -0.224. The molecule has 1 heterocycles. The second-order valence-electron chi connectivity index (χ2n) is 3.58. The molecule has 0 bridgehead atoms. The first-order valence-electron chi connectivity index (χ1n) is 3.58. The molecule has 1 aliphatic rings. The minimum absolute atomic E-state index is 0.0686. The van der Waals surface area contributed by atoms with Gasteiger partial charge < -0.3 is 0 Å². The van der Waals surface area contributed by atoms with Crippen molar-refractivity contribution in [2.45, 2.75) is 39.1 Å². The summed E-state index contributed by atoms with van der Waals surface area (Å²) >= 11 is 0. The predicted octanol–water partition coefficient (Wildman–Crippen LogP) is 1.72. The maximum absolute atomic E-state index is 12.4. The molecule has 0 aromatic carbocycles. The summed E-state index contributed by atoms with van der Waals surface area (Å²) in [6.07, 6.45) is -0.587. The Morgan fingerprint density at radius 3 is 2.30 bits per heavy atom. The van der Waals surface area contributed by atoms with E-state index in [0.717, 1.165) is 0 Å². The van der Waals surface area contributed by atoms with E-state index in [0.29, 0.717) is 13.0 Å². The van der Waals surface area contributed by atoms with Crippen molar-refractivity contribution in [3.63, 3.8) is 0 Å². The smallest absolute Gasteiger partial charge is 0.219 e. The van der Waals surface area contributed by atoms with Gasteiger partial charge in [-0.2, -0.15) is 5.06 Å². The summed E-state index contributed by atoms with van der Waals surface area (Å²) in [5, 5.41) is 1.69. The number of alkyl halides is 1. The van der Waals surface area contributed by atoms with E-state index >= 15 is 0 Å². The molecule has 1 aliphatic heterocycles. The number of halogens is 1. The Bertz CT molecular complexity index is 121. The normalized spacial score (nSPS) is 29.4. The second kappa shape index (κ2) is 2.47. The van der Waals surface area contributed by atoms with Gasteiger partial charge in [0.2, 0.25) is 6.36 Å².